The molecule has 1 aromatic rings. The first-order valence-electron chi connectivity index (χ1n) is 5.89. The standard InChI is InChI=1S/C12H20N2O2S/c1-5-9(3)14-12(4,11(15)16-6-2)10-13-7-8-17-10/h7-9,14H,5-6H2,1-4H3. The summed E-state index contributed by atoms with van der Waals surface area (Å²) in [7, 11) is 0. The Hall–Kier alpha value is -0.940. The largest absolute Gasteiger partial charge is 0.464 e. The number of carbonyl (C=O) groups excluding carboxylic acids is 1. The maximum absolute atomic E-state index is 12.1. The van der Waals surface area contributed by atoms with Gasteiger partial charge in [-0.25, -0.2) is 9.78 Å². The van der Waals surface area contributed by atoms with Crippen LogP contribution in [0, 0.1) is 0 Å². The molecule has 96 valence electrons. The van der Waals surface area contributed by atoms with Crippen molar-refractivity contribution in [1.29, 1.82) is 0 Å². The van der Waals surface area contributed by atoms with Crippen LogP contribution in [0.25, 0.3) is 0 Å². The molecule has 0 bridgehead atoms. The molecule has 0 saturated heterocycles. The molecule has 2 unspecified atom stereocenters. The molecule has 0 aliphatic rings. The van der Waals surface area contributed by atoms with Crippen molar-refractivity contribution in [3.63, 3.8) is 0 Å². The zero-order chi connectivity index (χ0) is 12.9. The molecular formula is C12H20N2O2S. The fourth-order valence-corrected chi connectivity index (χ4v) is 2.30. The highest BCUT2D eigenvalue weighted by molar-refractivity contribution is 7.09. The van der Waals surface area contributed by atoms with E-state index < -0.39 is 5.54 Å². The quantitative estimate of drug-likeness (QED) is 0.794. The molecule has 0 saturated carbocycles. The lowest BCUT2D eigenvalue weighted by molar-refractivity contribution is -0.151. The van der Waals surface area contributed by atoms with Crippen LogP contribution < -0.4 is 5.32 Å². The van der Waals surface area contributed by atoms with Gasteiger partial charge >= 0.3 is 5.97 Å². The number of esters is 1. The summed E-state index contributed by atoms with van der Waals surface area (Å²) < 4.78 is 5.14. The van der Waals surface area contributed by atoms with E-state index in [9.17, 15) is 4.79 Å². The van der Waals surface area contributed by atoms with Crippen molar-refractivity contribution in [3.8, 4) is 0 Å². The number of carbonyl (C=O) groups is 1. The average Bonchev–Trinajstić information content (AvgIpc) is 2.82. The lowest BCUT2D eigenvalue weighted by Crippen LogP contribution is -2.51. The number of hydrogen-bond donors (Lipinski definition) is 1. The Labute approximate surface area is 106 Å². The van der Waals surface area contributed by atoms with Crippen molar-refractivity contribution in [3.05, 3.63) is 16.6 Å². The van der Waals surface area contributed by atoms with E-state index >= 15 is 0 Å². The van der Waals surface area contributed by atoms with Crippen LogP contribution in [-0.4, -0.2) is 23.6 Å². The molecule has 4 nitrogen and oxygen atoms in total. The Morgan fingerprint density at radius 2 is 2.35 bits per heavy atom. The SMILES string of the molecule is CCOC(=O)C(C)(NC(C)CC)c1nccs1. The molecule has 0 fully saturated rings. The second kappa shape index (κ2) is 6.12. The summed E-state index contributed by atoms with van der Waals surface area (Å²) in [6, 6.07) is 0.230. The number of rotatable bonds is 6. The van der Waals surface area contributed by atoms with E-state index in [1.54, 1.807) is 6.20 Å². The summed E-state index contributed by atoms with van der Waals surface area (Å²) in [5, 5.41) is 5.92. The van der Waals surface area contributed by atoms with Gasteiger partial charge in [0.1, 0.15) is 5.01 Å². The van der Waals surface area contributed by atoms with Gasteiger partial charge in [-0.05, 0) is 27.2 Å². The lowest BCUT2D eigenvalue weighted by atomic mass is 10.0. The van der Waals surface area contributed by atoms with Gasteiger partial charge in [0.15, 0.2) is 5.54 Å². The highest BCUT2D eigenvalue weighted by Gasteiger charge is 2.39. The van der Waals surface area contributed by atoms with Gasteiger partial charge in [0.2, 0.25) is 0 Å². The van der Waals surface area contributed by atoms with Crippen LogP contribution in [0.15, 0.2) is 11.6 Å². The maximum atomic E-state index is 12.1. The van der Waals surface area contributed by atoms with Crippen LogP contribution >= 0.6 is 11.3 Å². The number of aromatic nitrogens is 1. The molecule has 0 amide bonds. The first-order valence-corrected chi connectivity index (χ1v) is 6.77. The first kappa shape index (κ1) is 14.1. The van der Waals surface area contributed by atoms with E-state index in [1.807, 2.05) is 26.2 Å². The summed E-state index contributed by atoms with van der Waals surface area (Å²) in [6.45, 7) is 8.14. The fourth-order valence-electron chi connectivity index (χ4n) is 1.55. The topological polar surface area (TPSA) is 51.2 Å². The minimum atomic E-state index is -0.848. The van der Waals surface area contributed by atoms with Crippen LogP contribution in [0.2, 0.25) is 0 Å². The smallest absolute Gasteiger partial charge is 0.333 e. The average molecular weight is 256 g/mol. The minimum Gasteiger partial charge on any atom is -0.464 e. The van der Waals surface area contributed by atoms with Gasteiger partial charge in [0.25, 0.3) is 0 Å². The Kier molecular flexibility index (Phi) is 5.08. The fraction of sp³-hybridized carbons (Fsp3) is 0.667. The predicted octanol–water partition coefficient (Wildman–Crippen LogP) is 2.31. The molecule has 0 aromatic carbocycles. The summed E-state index contributed by atoms with van der Waals surface area (Å²) in [5.41, 5.74) is -0.848. The van der Waals surface area contributed by atoms with E-state index in [0.717, 1.165) is 11.4 Å². The molecular weight excluding hydrogens is 236 g/mol. The van der Waals surface area contributed by atoms with E-state index in [0.29, 0.717) is 6.61 Å². The zero-order valence-electron chi connectivity index (χ0n) is 10.8. The van der Waals surface area contributed by atoms with Gasteiger partial charge in [-0.15, -0.1) is 11.3 Å². The van der Waals surface area contributed by atoms with Gasteiger partial charge in [-0.2, -0.15) is 0 Å². The van der Waals surface area contributed by atoms with Gasteiger partial charge in [-0.1, -0.05) is 6.92 Å². The van der Waals surface area contributed by atoms with Crippen LogP contribution in [0.4, 0.5) is 0 Å². The van der Waals surface area contributed by atoms with Crippen molar-refractivity contribution < 1.29 is 9.53 Å². The number of thiazole rings is 1. The Balaban J connectivity index is 2.96. The number of nitrogens with one attached hydrogen (secondary N) is 1. The monoisotopic (exact) mass is 256 g/mol. The zero-order valence-corrected chi connectivity index (χ0v) is 11.6. The molecule has 0 aliphatic carbocycles. The molecule has 2 atom stereocenters. The first-order chi connectivity index (χ1) is 8.04. The lowest BCUT2D eigenvalue weighted by Gasteiger charge is -2.29. The molecule has 0 spiro atoms. The molecule has 17 heavy (non-hydrogen) atoms. The van der Waals surface area contributed by atoms with E-state index in [2.05, 4.69) is 17.2 Å². The molecule has 0 aliphatic heterocycles. The number of ether oxygens (including phenoxy) is 1. The van der Waals surface area contributed by atoms with E-state index in [1.165, 1.54) is 11.3 Å². The third-order valence-electron chi connectivity index (χ3n) is 2.69. The van der Waals surface area contributed by atoms with Crippen LogP contribution in [0.5, 0.6) is 0 Å². The molecule has 1 N–H and O–H groups in total. The van der Waals surface area contributed by atoms with Crippen molar-refractivity contribution >= 4 is 17.3 Å². The third-order valence-corrected chi connectivity index (χ3v) is 3.69. The minimum absolute atomic E-state index is 0.230. The highest BCUT2D eigenvalue weighted by Crippen LogP contribution is 2.25. The Morgan fingerprint density at radius 1 is 1.65 bits per heavy atom. The molecule has 0 radical (unpaired) electrons. The van der Waals surface area contributed by atoms with Crippen LogP contribution in [0.3, 0.4) is 0 Å². The van der Waals surface area contributed by atoms with Crippen molar-refractivity contribution in [1.82, 2.24) is 10.3 Å². The van der Waals surface area contributed by atoms with Gasteiger partial charge < -0.3 is 4.74 Å². The normalized spacial score (nSPS) is 16.2. The van der Waals surface area contributed by atoms with E-state index in [-0.39, 0.29) is 12.0 Å². The van der Waals surface area contributed by atoms with Crippen molar-refractivity contribution in [2.24, 2.45) is 0 Å². The second-order valence-electron chi connectivity index (χ2n) is 4.14. The molecule has 1 heterocycles. The second-order valence-corrected chi connectivity index (χ2v) is 5.03. The van der Waals surface area contributed by atoms with Crippen molar-refractivity contribution in [2.45, 2.75) is 45.7 Å². The van der Waals surface area contributed by atoms with Crippen molar-refractivity contribution in [2.75, 3.05) is 6.61 Å². The highest BCUT2D eigenvalue weighted by atomic mass is 32.1. The third kappa shape index (κ3) is 3.26. The Bertz CT molecular complexity index is 353. The maximum Gasteiger partial charge on any atom is 0.333 e. The molecule has 1 aromatic heterocycles. The van der Waals surface area contributed by atoms with Gasteiger partial charge in [-0.3, -0.25) is 5.32 Å². The summed E-state index contributed by atoms with van der Waals surface area (Å²) in [6.07, 6.45) is 2.65. The van der Waals surface area contributed by atoms with Gasteiger partial charge in [0, 0.05) is 17.6 Å². The Morgan fingerprint density at radius 3 is 2.82 bits per heavy atom. The summed E-state index contributed by atoms with van der Waals surface area (Å²) in [4.78, 5) is 16.3. The van der Waals surface area contributed by atoms with Gasteiger partial charge in [0.05, 0.1) is 6.61 Å². The number of hydrogen-bond acceptors (Lipinski definition) is 5. The van der Waals surface area contributed by atoms with Crippen LogP contribution in [0.1, 0.15) is 39.1 Å². The number of nitrogens with zero attached hydrogens (tertiary/aromatic N) is 1. The molecule has 5 heteroatoms. The van der Waals surface area contributed by atoms with E-state index in [4.69, 9.17) is 4.74 Å². The van der Waals surface area contributed by atoms with Crippen LogP contribution in [-0.2, 0) is 15.1 Å². The predicted molar refractivity (Wildman–Crippen MR) is 69.0 cm³/mol. The summed E-state index contributed by atoms with van der Waals surface area (Å²) in [5.74, 6) is -0.268. The summed E-state index contributed by atoms with van der Waals surface area (Å²) >= 11 is 1.46. The molecule has 1 rings (SSSR count).